The maximum atomic E-state index is 13.1. The van der Waals surface area contributed by atoms with E-state index in [0.29, 0.717) is 43.0 Å². The second-order valence-corrected chi connectivity index (χ2v) is 15.0. The van der Waals surface area contributed by atoms with Gasteiger partial charge < -0.3 is 29.0 Å². The maximum absolute atomic E-state index is 13.1. The quantitative estimate of drug-likeness (QED) is 0.462. The van der Waals surface area contributed by atoms with E-state index in [1.165, 1.54) is 4.57 Å². The van der Waals surface area contributed by atoms with E-state index in [-0.39, 0.29) is 12.0 Å². The number of carboxylic acid groups (broad SMARTS) is 1. The number of pyridine rings is 1. The Hall–Kier alpha value is -2.79. The van der Waals surface area contributed by atoms with Crippen LogP contribution in [0.15, 0.2) is 0 Å². The molecule has 2 saturated heterocycles. The fraction of sp³-hybridized carbons (Fsp3) is 0.710. The van der Waals surface area contributed by atoms with Crippen molar-refractivity contribution in [2.24, 2.45) is 0 Å². The molecule has 0 radical (unpaired) electrons. The summed E-state index contributed by atoms with van der Waals surface area (Å²) in [7, 11) is -0.857. The van der Waals surface area contributed by atoms with Crippen LogP contribution >= 0.6 is 0 Å². The highest BCUT2D eigenvalue weighted by Gasteiger charge is 2.54. The molecule has 2 aromatic rings. The molecule has 2 aliphatic heterocycles. The van der Waals surface area contributed by atoms with Crippen molar-refractivity contribution < 1.29 is 28.7 Å². The standard InChI is InChI=1S/C31H49BN4O6/c1-18(2)20-21-19(3)25(34-14-16-35(17-15-34)27(39)40-29(7,8)9)33-23(28(4,5)6)22(21)36(26(37)38)24(20)32-41-30(10,11)31(12,13)42-32/h18H,14-17H2,1-13H3,(H,37,38). The van der Waals surface area contributed by atoms with E-state index in [1.54, 1.807) is 4.90 Å². The van der Waals surface area contributed by atoms with Crippen molar-refractivity contribution in [2.45, 2.75) is 118 Å². The molecule has 1 amide bonds. The number of hydrogen-bond donors (Lipinski definition) is 1. The predicted molar refractivity (Wildman–Crippen MR) is 166 cm³/mol. The number of carbonyl (C=O) groups excluding carboxylic acids is 1. The largest absolute Gasteiger partial charge is 0.513 e. The molecule has 232 valence electrons. The summed E-state index contributed by atoms with van der Waals surface area (Å²) in [6, 6.07) is 0. The lowest BCUT2D eigenvalue weighted by Gasteiger charge is -2.37. The van der Waals surface area contributed by atoms with E-state index >= 15 is 0 Å². The average Bonchev–Trinajstić information content (AvgIpc) is 3.29. The maximum Gasteiger partial charge on any atom is 0.513 e. The molecular weight excluding hydrogens is 535 g/mol. The number of anilines is 1. The molecule has 0 bridgehead atoms. The first-order valence-corrected chi connectivity index (χ1v) is 15.0. The summed E-state index contributed by atoms with van der Waals surface area (Å²) in [4.78, 5) is 34.9. The number of amides is 1. The molecule has 10 nitrogen and oxygen atoms in total. The number of carbonyl (C=O) groups is 2. The van der Waals surface area contributed by atoms with Crippen molar-refractivity contribution in [2.75, 3.05) is 31.1 Å². The SMILES string of the molecule is Cc1c(N2CCN(C(=O)OC(C)(C)C)CC2)nc(C(C)(C)C)c2c1c(C(C)C)c(B1OC(C)(C)C(C)(C)O1)n2C(=O)O. The van der Waals surface area contributed by atoms with Crippen molar-refractivity contribution in [3.8, 4) is 0 Å². The number of ether oxygens (including phenoxy) is 1. The van der Waals surface area contributed by atoms with Crippen LogP contribution in [0.3, 0.4) is 0 Å². The molecule has 1 N–H and O–H groups in total. The Labute approximate surface area is 250 Å². The number of nitrogens with zero attached hydrogens (tertiary/aromatic N) is 4. The molecule has 42 heavy (non-hydrogen) atoms. The molecule has 2 aliphatic rings. The third-order valence-electron chi connectivity index (χ3n) is 8.59. The number of fused-ring (bicyclic) bond motifs is 1. The van der Waals surface area contributed by atoms with Crippen LogP contribution in [0.4, 0.5) is 15.4 Å². The van der Waals surface area contributed by atoms with E-state index in [2.05, 4.69) is 39.5 Å². The number of aryl methyl sites for hydroxylation is 1. The third kappa shape index (κ3) is 5.62. The molecule has 0 unspecified atom stereocenters. The van der Waals surface area contributed by atoms with Gasteiger partial charge in [0.15, 0.2) is 0 Å². The summed E-state index contributed by atoms with van der Waals surface area (Å²) in [5.41, 5.74) is 1.29. The topological polar surface area (TPSA) is 106 Å². The second kappa shape index (κ2) is 10.4. The second-order valence-electron chi connectivity index (χ2n) is 15.0. The Morgan fingerprint density at radius 3 is 1.93 bits per heavy atom. The molecule has 0 spiro atoms. The fourth-order valence-electron chi connectivity index (χ4n) is 5.80. The number of piperazine rings is 1. The van der Waals surface area contributed by atoms with Gasteiger partial charge in [-0.3, -0.25) is 4.57 Å². The minimum absolute atomic E-state index is 0.0205. The van der Waals surface area contributed by atoms with Gasteiger partial charge in [0.25, 0.3) is 0 Å². The molecule has 0 aliphatic carbocycles. The summed E-state index contributed by atoms with van der Waals surface area (Å²) >= 11 is 0. The van der Waals surface area contributed by atoms with E-state index in [1.807, 2.05) is 55.4 Å². The van der Waals surface area contributed by atoms with Gasteiger partial charge in [-0.1, -0.05) is 34.6 Å². The molecule has 0 atom stereocenters. The zero-order valence-corrected chi connectivity index (χ0v) is 27.8. The number of hydrogen-bond acceptors (Lipinski definition) is 7. The van der Waals surface area contributed by atoms with Gasteiger partial charge in [0, 0.05) is 42.5 Å². The van der Waals surface area contributed by atoms with Crippen molar-refractivity contribution in [1.29, 1.82) is 0 Å². The van der Waals surface area contributed by atoms with Crippen LogP contribution in [0, 0.1) is 6.92 Å². The number of rotatable bonds is 3. The van der Waals surface area contributed by atoms with Crippen LogP contribution in [-0.4, -0.2) is 81.8 Å². The molecule has 2 fully saturated rings. The first kappa shape index (κ1) is 32.1. The van der Waals surface area contributed by atoms with Crippen molar-refractivity contribution in [3.05, 3.63) is 16.8 Å². The zero-order valence-electron chi connectivity index (χ0n) is 27.8. The summed E-state index contributed by atoms with van der Waals surface area (Å²) in [5, 5.41) is 11.6. The first-order valence-electron chi connectivity index (χ1n) is 15.0. The Morgan fingerprint density at radius 2 is 1.50 bits per heavy atom. The number of aromatic nitrogens is 2. The van der Waals surface area contributed by atoms with Gasteiger partial charge in [-0.25, -0.2) is 14.6 Å². The summed E-state index contributed by atoms with van der Waals surface area (Å²) in [5.74, 6) is 0.786. The smallest absolute Gasteiger partial charge is 0.464 e. The predicted octanol–water partition coefficient (Wildman–Crippen LogP) is 5.65. The minimum Gasteiger partial charge on any atom is -0.464 e. The molecular formula is C31H49BN4O6. The Morgan fingerprint density at radius 1 is 0.976 bits per heavy atom. The highest BCUT2D eigenvalue weighted by atomic mass is 16.7. The summed E-state index contributed by atoms with van der Waals surface area (Å²) in [6.07, 6.45) is -1.41. The van der Waals surface area contributed by atoms with Gasteiger partial charge in [0.2, 0.25) is 0 Å². The van der Waals surface area contributed by atoms with Gasteiger partial charge in [-0.05, 0) is 66.9 Å². The fourth-order valence-corrected chi connectivity index (χ4v) is 5.80. The Kier molecular flexibility index (Phi) is 7.98. The lowest BCUT2D eigenvalue weighted by atomic mass is 9.78. The van der Waals surface area contributed by atoms with Crippen molar-refractivity contribution in [1.82, 2.24) is 14.5 Å². The average molecular weight is 585 g/mol. The monoisotopic (exact) mass is 584 g/mol. The molecule has 11 heteroatoms. The van der Waals surface area contributed by atoms with Crippen LogP contribution in [0.25, 0.3) is 10.9 Å². The van der Waals surface area contributed by atoms with Gasteiger partial charge in [-0.15, -0.1) is 0 Å². The van der Waals surface area contributed by atoms with Crippen LogP contribution in [-0.2, 0) is 19.5 Å². The van der Waals surface area contributed by atoms with Crippen LogP contribution in [0.2, 0.25) is 0 Å². The van der Waals surface area contributed by atoms with Gasteiger partial charge >= 0.3 is 19.3 Å². The lowest BCUT2D eigenvalue weighted by molar-refractivity contribution is 0.00578. The highest BCUT2D eigenvalue weighted by molar-refractivity contribution is 6.63. The Balaban J connectivity index is 1.92. The van der Waals surface area contributed by atoms with Crippen molar-refractivity contribution >= 4 is 41.6 Å². The summed E-state index contributed by atoms with van der Waals surface area (Å²) in [6.45, 7) is 28.0. The lowest BCUT2D eigenvalue weighted by Crippen LogP contribution is -2.50. The molecule has 0 saturated carbocycles. The minimum atomic E-state index is -1.10. The van der Waals surface area contributed by atoms with Gasteiger partial charge in [-0.2, -0.15) is 0 Å². The zero-order chi connectivity index (χ0) is 31.7. The van der Waals surface area contributed by atoms with Crippen LogP contribution < -0.4 is 10.5 Å². The van der Waals surface area contributed by atoms with E-state index < -0.39 is 35.4 Å². The molecule has 4 heterocycles. The molecule has 2 aromatic heterocycles. The van der Waals surface area contributed by atoms with Crippen LogP contribution in [0.5, 0.6) is 0 Å². The summed E-state index contributed by atoms with van der Waals surface area (Å²) < 4.78 is 19.9. The molecule has 0 aromatic carbocycles. The highest BCUT2D eigenvalue weighted by Crippen LogP contribution is 2.42. The van der Waals surface area contributed by atoms with E-state index in [9.17, 15) is 14.7 Å². The van der Waals surface area contributed by atoms with E-state index in [4.69, 9.17) is 19.0 Å². The third-order valence-corrected chi connectivity index (χ3v) is 8.59. The van der Waals surface area contributed by atoms with Crippen LogP contribution in [0.1, 0.15) is 106 Å². The van der Waals surface area contributed by atoms with Gasteiger partial charge in [0.05, 0.1) is 28.0 Å². The van der Waals surface area contributed by atoms with Crippen molar-refractivity contribution in [3.63, 3.8) is 0 Å². The first-order chi connectivity index (χ1) is 19.1. The molecule has 4 rings (SSSR count). The van der Waals surface area contributed by atoms with E-state index in [0.717, 1.165) is 22.3 Å². The Bertz CT molecular complexity index is 1380. The normalized spacial score (nSPS) is 19.2. The van der Waals surface area contributed by atoms with Gasteiger partial charge in [0.1, 0.15) is 11.4 Å².